The fraction of sp³-hybridized carbons (Fsp3) is 0.385. The van der Waals surface area contributed by atoms with E-state index in [1.165, 1.54) is 17.8 Å². The summed E-state index contributed by atoms with van der Waals surface area (Å²) >= 11 is 1.74. The normalized spacial score (nSPS) is 17.0. The lowest BCUT2D eigenvalue weighted by molar-refractivity contribution is 0.520. The van der Waals surface area contributed by atoms with Crippen molar-refractivity contribution in [3.63, 3.8) is 0 Å². The average Bonchev–Trinajstić information content (AvgIpc) is 3.00. The Morgan fingerprint density at radius 3 is 2.71 bits per heavy atom. The van der Waals surface area contributed by atoms with Gasteiger partial charge in [-0.2, -0.15) is 0 Å². The monoisotopic (exact) mass is 245 g/mol. The second-order valence-corrected chi connectivity index (χ2v) is 5.69. The Kier molecular flexibility index (Phi) is 2.68. The predicted octanol–water partition coefficient (Wildman–Crippen LogP) is 2.49. The van der Waals surface area contributed by atoms with E-state index in [1.54, 1.807) is 23.7 Å². The van der Waals surface area contributed by atoms with Gasteiger partial charge < -0.3 is 5.73 Å². The van der Waals surface area contributed by atoms with Crippen LogP contribution in [0, 0.1) is 5.41 Å². The van der Waals surface area contributed by atoms with Crippen LogP contribution in [0.5, 0.6) is 0 Å². The minimum Gasteiger partial charge on any atom is -0.330 e. The fourth-order valence-corrected chi connectivity index (χ4v) is 2.98. The average molecular weight is 245 g/mol. The summed E-state index contributed by atoms with van der Waals surface area (Å²) in [6.07, 6.45) is 7.16. The van der Waals surface area contributed by atoms with E-state index >= 15 is 0 Å². The van der Waals surface area contributed by atoms with Crippen molar-refractivity contribution in [2.75, 3.05) is 6.54 Å². The first-order chi connectivity index (χ1) is 8.31. The number of nitrogens with zero attached hydrogens (tertiary/aromatic N) is 2. The van der Waals surface area contributed by atoms with Gasteiger partial charge in [0.25, 0.3) is 0 Å². The van der Waals surface area contributed by atoms with Crippen LogP contribution in [-0.4, -0.2) is 16.5 Å². The van der Waals surface area contributed by atoms with Gasteiger partial charge in [-0.15, -0.1) is 11.3 Å². The molecule has 4 heteroatoms. The number of pyridine rings is 1. The third-order valence-electron chi connectivity index (χ3n) is 3.44. The number of hydrogen-bond acceptors (Lipinski definition) is 4. The minimum atomic E-state index is 0.368. The SMILES string of the molecule is NCC1(Cc2nc(-c3ccncc3)cs2)CC1. The highest BCUT2D eigenvalue weighted by molar-refractivity contribution is 7.09. The van der Waals surface area contributed by atoms with E-state index in [4.69, 9.17) is 5.73 Å². The molecule has 2 aromatic rings. The molecule has 2 aromatic heterocycles. The molecule has 0 amide bonds. The van der Waals surface area contributed by atoms with Gasteiger partial charge in [-0.25, -0.2) is 4.98 Å². The van der Waals surface area contributed by atoms with Crippen LogP contribution >= 0.6 is 11.3 Å². The quantitative estimate of drug-likeness (QED) is 0.900. The van der Waals surface area contributed by atoms with Crippen molar-refractivity contribution in [2.45, 2.75) is 19.3 Å². The molecule has 1 saturated carbocycles. The van der Waals surface area contributed by atoms with Crippen molar-refractivity contribution >= 4 is 11.3 Å². The maximum atomic E-state index is 5.80. The van der Waals surface area contributed by atoms with E-state index in [0.717, 1.165) is 24.2 Å². The highest BCUT2D eigenvalue weighted by Crippen LogP contribution is 2.47. The first kappa shape index (κ1) is 10.9. The van der Waals surface area contributed by atoms with Crippen LogP contribution < -0.4 is 5.73 Å². The molecule has 1 aliphatic carbocycles. The Hall–Kier alpha value is -1.26. The van der Waals surface area contributed by atoms with Crippen molar-refractivity contribution in [3.05, 3.63) is 34.9 Å². The maximum absolute atomic E-state index is 5.80. The Balaban J connectivity index is 1.79. The van der Waals surface area contributed by atoms with Crippen LogP contribution in [0.2, 0.25) is 0 Å². The molecule has 1 fully saturated rings. The second kappa shape index (κ2) is 4.20. The van der Waals surface area contributed by atoms with E-state index in [-0.39, 0.29) is 0 Å². The van der Waals surface area contributed by atoms with Crippen LogP contribution in [0.15, 0.2) is 29.9 Å². The maximum Gasteiger partial charge on any atom is 0.0938 e. The van der Waals surface area contributed by atoms with Gasteiger partial charge in [0.2, 0.25) is 0 Å². The first-order valence-electron chi connectivity index (χ1n) is 5.86. The number of hydrogen-bond donors (Lipinski definition) is 1. The molecule has 3 rings (SSSR count). The van der Waals surface area contributed by atoms with Gasteiger partial charge in [0.05, 0.1) is 10.7 Å². The lowest BCUT2D eigenvalue weighted by Gasteiger charge is -2.08. The smallest absolute Gasteiger partial charge is 0.0938 e. The number of rotatable bonds is 4. The molecule has 0 atom stereocenters. The number of nitrogens with two attached hydrogens (primary N) is 1. The largest absolute Gasteiger partial charge is 0.330 e. The van der Waals surface area contributed by atoms with Crippen molar-refractivity contribution in [1.29, 1.82) is 0 Å². The molecule has 0 radical (unpaired) electrons. The van der Waals surface area contributed by atoms with Crippen LogP contribution in [0.4, 0.5) is 0 Å². The summed E-state index contributed by atoms with van der Waals surface area (Å²) in [5.74, 6) is 0. The minimum absolute atomic E-state index is 0.368. The van der Waals surface area contributed by atoms with Gasteiger partial charge in [-0.1, -0.05) is 0 Å². The standard InChI is InChI=1S/C13H15N3S/c14-9-13(3-4-13)7-12-16-11(8-17-12)10-1-5-15-6-2-10/h1-2,5-6,8H,3-4,7,9,14H2. The molecule has 0 aliphatic heterocycles. The van der Waals surface area contributed by atoms with Gasteiger partial charge in [0, 0.05) is 29.8 Å². The van der Waals surface area contributed by atoms with Crippen molar-refractivity contribution in [2.24, 2.45) is 11.1 Å². The second-order valence-electron chi connectivity index (χ2n) is 4.74. The third kappa shape index (κ3) is 2.23. The molecule has 0 spiro atoms. The number of aromatic nitrogens is 2. The van der Waals surface area contributed by atoms with Gasteiger partial charge in [0.1, 0.15) is 0 Å². The summed E-state index contributed by atoms with van der Waals surface area (Å²) in [6, 6.07) is 3.99. The Bertz CT molecular complexity index is 502. The molecule has 3 nitrogen and oxygen atoms in total. The summed E-state index contributed by atoms with van der Waals surface area (Å²) in [4.78, 5) is 8.71. The van der Waals surface area contributed by atoms with E-state index in [9.17, 15) is 0 Å². The number of thiazole rings is 1. The summed E-state index contributed by atoms with van der Waals surface area (Å²) in [5, 5.41) is 3.33. The Morgan fingerprint density at radius 1 is 1.29 bits per heavy atom. The van der Waals surface area contributed by atoms with Crippen molar-refractivity contribution in [1.82, 2.24) is 9.97 Å². The first-order valence-corrected chi connectivity index (χ1v) is 6.74. The van der Waals surface area contributed by atoms with Gasteiger partial charge in [0.15, 0.2) is 0 Å². The molecule has 0 unspecified atom stereocenters. The fourth-order valence-electron chi connectivity index (χ4n) is 2.00. The Morgan fingerprint density at radius 2 is 2.06 bits per heavy atom. The van der Waals surface area contributed by atoms with Crippen LogP contribution in [0.25, 0.3) is 11.3 Å². The van der Waals surface area contributed by atoms with E-state index in [2.05, 4.69) is 15.3 Å². The summed E-state index contributed by atoms with van der Waals surface area (Å²) in [5.41, 5.74) is 8.37. The van der Waals surface area contributed by atoms with Crippen LogP contribution in [0.1, 0.15) is 17.8 Å². The molecule has 0 bridgehead atoms. The summed E-state index contributed by atoms with van der Waals surface area (Å²) < 4.78 is 0. The van der Waals surface area contributed by atoms with Gasteiger partial charge in [-0.05, 0) is 36.9 Å². The summed E-state index contributed by atoms with van der Waals surface area (Å²) in [6.45, 7) is 0.789. The molecule has 17 heavy (non-hydrogen) atoms. The summed E-state index contributed by atoms with van der Waals surface area (Å²) in [7, 11) is 0. The molecule has 1 aliphatic rings. The molecule has 2 heterocycles. The van der Waals surface area contributed by atoms with Gasteiger partial charge >= 0.3 is 0 Å². The van der Waals surface area contributed by atoms with E-state index < -0.39 is 0 Å². The highest BCUT2D eigenvalue weighted by Gasteiger charge is 2.41. The van der Waals surface area contributed by atoms with Crippen LogP contribution in [-0.2, 0) is 6.42 Å². The Labute approximate surface area is 105 Å². The van der Waals surface area contributed by atoms with E-state index in [0.29, 0.717) is 5.41 Å². The molecule has 88 valence electrons. The molecular weight excluding hydrogens is 230 g/mol. The molecule has 0 saturated heterocycles. The van der Waals surface area contributed by atoms with E-state index in [1.807, 2.05) is 12.1 Å². The molecule has 2 N–H and O–H groups in total. The highest BCUT2D eigenvalue weighted by atomic mass is 32.1. The molecule has 0 aromatic carbocycles. The predicted molar refractivity (Wildman–Crippen MR) is 69.8 cm³/mol. The van der Waals surface area contributed by atoms with Crippen molar-refractivity contribution < 1.29 is 0 Å². The van der Waals surface area contributed by atoms with Crippen molar-refractivity contribution in [3.8, 4) is 11.3 Å². The zero-order valence-corrected chi connectivity index (χ0v) is 10.4. The lowest BCUT2D eigenvalue weighted by atomic mass is 10.0. The zero-order chi connectivity index (χ0) is 11.7. The zero-order valence-electron chi connectivity index (χ0n) is 9.60. The molecular formula is C13H15N3S. The topological polar surface area (TPSA) is 51.8 Å². The van der Waals surface area contributed by atoms with Crippen LogP contribution in [0.3, 0.4) is 0 Å². The third-order valence-corrected chi connectivity index (χ3v) is 4.29. The lowest BCUT2D eigenvalue weighted by Crippen LogP contribution is -2.17. The van der Waals surface area contributed by atoms with Gasteiger partial charge in [-0.3, -0.25) is 4.98 Å².